The van der Waals surface area contributed by atoms with Crippen molar-refractivity contribution in [2.75, 3.05) is 19.3 Å². The number of nitrogens with one attached hydrogen (secondary N) is 2. The summed E-state index contributed by atoms with van der Waals surface area (Å²) >= 11 is 5.79. The Morgan fingerprint density at radius 3 is 2.41 bits per heavy atom. The van der Waals surface area contributed by atoms with Gasteiger partial charge < -0.3 is 5.32 Å². The van der Waals surface area contributed by atoms with Crippen molar-refractivity contribution in [3.8, 4) is 0 Å². The van der Waals surface area contributed by atoms with Crippen LogP contribution in [0.2, 0.25) is 5.02 Å². The third-order valence-electron chi connectivity index (χ3n) is 2.50. The van der Waals surface area contributed by atoms with Crippen LogP contribution in [0.4, 0.5) is 0 Å². The lowest BCUT2D eigenvalue weighted by Crippen LogP contribution is -2.30. The van der Waals surface area contributed by atoms with Crippen molar-refractivity contribution in [2.45, 2.75) is 13.0 Å². The highest BCUT2D eigenvalue weighted by atomic mass is 35.5. The molecular weight excluding hydrogens is 260 g/mol. The van der Waals surface area contributed by atoms with E-state index in [-0.39, 0.29) is 11.8 Å². The van der Waals surface area contributed by atoms with Gasteiger partial charge in [0, 0.05) is 17.6 Å². The second-order valence-corrected chi connectivity index (χ2v) is 6.23. The minimum absolute atomic E-state index is 0.0709. The quantitative estimate of drug-likeness (QED) is 0.829. The van der Waals surface area contributed by atoms with Crippen LogP contribution in [-0.2, 0) is 10.0 Å². The molecule has 0 bridgehead atoms. The molecule has 4 nitrogen and oxygen atoms in total. The third kappa shape index (κ3) is 5.04. The van der Waals surface area contributed by atoms with Gasteiger partial charge in [0.2, 0.25) is 10.0 Å². The largest absolute Gasteiger partial charge is 0.309 e. The Labute approximate surface area is 107 Å². The molecule has 1 aromatic carbocycles. The van der Waals surface area contributed by atoms with Crippen LogP contribution in [0.1, 0.15) is 18.5 Å². The van der Waals surface area contributed by atoms with E-state index in [0.717, 1.165) is 5.56 Å². The SMILES string of the molecule is CNS(=O)(=O)CCNC(C)c1ccc(Cl)cc1. The molecule has 1 aromatic rings. The van der Waals surface area contributed by atoms with Crippen molar-refractivity contribution in [3.63, 3.8) is 0 Å². The molecule has 0 fully saturated rings. The van der Waals surface area contributed by atoms with Crippen molar-refractivity contribution < 1.29 is 8.42 Å². The predicted molar refractivity (Wildman–Crippen MR) is 70.7 cm³/mol. The summed E-state index contributed by atoms with van der Waals surface area (Å²) in [4.78, 5) is 0. The van der Waals surface area contributed by atoms with Crippen LogP contribution in [0, 0.1) is 0 Å². The fourth-order valence-corrected chi connectivity index (χ4v) is 2.10. The van der Waals surface area contributed by atoms with Crippen molar-refractivity contribution >= 4 is 21.6 Å². The van der Waals surface area contributed by atoms with E-state index in [4.69, 9.17) is 11.6 Å². The van der Waals surface area contributed by atoms with Crippen LogP contribution >= 0.6 is 11.6 Å². The second-order valence-electron chi connectivity index (χ2n) is 3.75. The van der Waals surface area contributed by atoms with Crippen molar-refractivity contribution in [2.24, 2.45) is 0 Å². The summed E-state index contributed by atoms with van der Waals surface area (Å²) in [7, 11) is -1.72. The molecule has 2 N–H and O–H groups in total. The average molecular weight is 277 g/mol. The maximum atomic E-state index is 11.2. The molecule has 0 radical (unpaired) electrons. The normalized spacial score (nSPS) is 13.6. The molecule has 0 heterocycles. The fourth-order valence-electron chi connectivity index (χ4n) is 1.38. The molecule has 0 saturated carbocycles. The molecule has 0 aliphatic carbocycles. The van der Waals surface area contributed by atoms with Crippen LogP contribution in [-0.4, -0.2) is 27.8 Å². The maximum absolute atomic E-state index is 11.2. The van der Waals surface area contributed by atoms with Gasteiger partial charge in [0.1, 0.15) is 0 Å². The Hall–Kier alpha value is -0.620. The molecule has 0 aliphatic rings. The predicted octanol–water partition coefficient (Wildman–Crippen LogP) is 1.54. The van der Waals surface area contributed by atoms with Gasteiger partial charge in [0.15, 0.2) is 0 Å². The molecule has 0 aromatic heterocycles. The number of sulfonamides is 1. The molecule has 0 aliphatic heterocycles. The van der Waals surface area contributed by atoms with Gasteiger partial charge in [-0.3, -0.25) is 0 Å². The van der Waals surface area contributed by atoms with Gasteiger partial charge in [-0.25, -0.2) is 13.1 Å². The monoisotopic (exact) mass is 276 g/mol. The first-order valence-electron chi connectivity index (χ1n) is 5.34. The fraction of sp³-hybridized carbons (Fsp3) is 0.455. The van der Waals surface area contributed by atoms with E-state index in [1.807, 2.05) is 31.2 Å². The van der Waals surface area contributed by atoms with Crippen LogP contribution in [0.25, 0.3) is 0 Å². The van der Waals surface area contributed by atoms with Gasteiger partial charge in [0.05, 0.1) is 5.75 Å². The minimum atomic E-state index is -3.14. The van der Waals surface area contributed by atoms with Crippen molar-refractivity contribution in [1.29, 1.82) is 0 Å². The van der Waals surface area contributed by atoms with Gasteiger partial charge in [-0.2, -0.15) is 0 Å². The topological polar surface area (TPSA) is 58.2 Å². The average Bonchev–Trinajstić information content (AvgIpc) is 2.29. The summed E-state index contributed by atoms with van der Waals surface area (Å²) in [5.41, 5.74) is 1.08. The third-order valence-corrected chi connectivity index (χ3v) is 4.12. The Bertz CT molecular complexity index is 445. The Kier molecular flexibility index (Phi) is 5.39. The summed E-state index contributed by atoms with van der Waals surface area (Å²) in [5, 5.41) is 3.84. The van der Waals surface area contributed by atoms with E-state index in [9.17, 15) is 8.42 Å². The summed E-state index contributed by atoms with van der Waals surface area (Å²) in [6, 6.07) is 7.58. The summed E-state index contributed by atoms with van der Waals surface area (Å²) in [6.45, 7) is 2.39. The first kappa shape index (κ1) is 14.4. The standard InChI is InChI=1S/C11H17ClN2O2S/c1-9(10-3-5-11(12)6-4-10)14-7-8-17(15,16)13-2/h3-6,9,13-14H,7-8H2,1-2H3. The second kappa shape index (κ2) is 6.35. The lowest BCUT2D eigenvalue weighted by molar-refractivity contribution is 0.567. The van der Waals surface area contributed by atoms with E-state index in [0.29, 0.717) is 11.6 Å². The Balaban J connectivity index is 2.45. The lowest BCUT2D eigenvalue weighted by atomic mass is 10.1. The van der Waals surface area contributed by atoms with Gasteiger partial charge in [0.25, 0.3) is 0 Å². The number of hydrogen-bond donors (Lipinski definition) is 2. The van der Waals surface area contributed by atoms with Gasteiger partial charge in [-0.1, -0.05) is 23.7 Å². The summed E-state index contributed by atoms with van der Waals surface area (Å²) in [5.74, 6) is 0.0709. The molecular formula is C11H17ClN2O2S. The number of rotatable bonds is 6. The molecule has 0 spiro atoms. The summed E-state index contributed by atoms with van der Waals surface area (Å²) in [6.07, 6.45) is 0. The summed E-state index contributed by atoms with van der Waals surface area (Å²) < 4.78 is 24.7. The highest BCUT2D eigenvalue weighted by Crippen LogP contribution is 2.15. The molecule has 0 amide bonds. The van der Waals surface area contributed by atoms with Crippen molar-refractivity contribution in [1.82, 2.24) is 10.0 Å². The first-order chi connectivity index (χ1) is 7.94. The first-order valence-corrected chi connectivity index (χ1v) is 7.37. The van der Waals surface area contributed by atoms with Crippen LogP contribution in [0.5, 0.6) is 0 Å². The lowest BCUT2D eigenvalue weighted by Gasteiger charge is -2.14. The van der Waals surface area contributed by atoms with Crippen molar-refractivity contribution in [3.05, 3.63) is 34.9 Å². The molecule has 96 valence electrons. The zero-order chi connectivity index (χ0) is 12.9. The van der Waals surface area contributed by atoms with E-state index in [1.165, 1.54) is 7.05 Å². The molecule has 1 rings (SSSR count). The zero-order valence-corrected chi connectivity index (χ0v) is 11.5. The highest BCUT2D eigenvalue weighted by Gasteiger charge is 2.08. The highest BCUT2D eigenvalue weighted by molar-refractivity contribution is 7.89. The molecule has 1 unspecified atom stereocenters. The van der Waals surface area contributed by atoms with Gasteiger partial charge in [-0.05, 0) is 31.7 Å². The Morgan fingerprint density at radius 1 is 1.29 bits per heavy atom. The number of halogens is 1. The zero-order valence-electron chi connectivity index (χ0n) is 9.90. The maximum Gasteiger partial charge on any atom is 0.212 e. The van der Waals surface area contributed by atoms with Crippen LogP contribution in [0.3, 0.4) is 0 Å². The molecule has 1 atom stereocenters. The van der Waals surface area contributed by atoms with E-state index in [2.05, 4.69) is 10.0 Å². The van der Waals surface area contributed by atoms with Crippen LogP contribution < -0.4 is 10.0 Å². The van der Waals surface area contributed by atoms with Gasteiger partial charge >= 0.3 is 0 Å². The molecule has 17 heavy (non-hydrogen) atoms. The molecule has 6 heteroatoms. The van der Waals surface area contributed by atoms with E-state index in [1.54, 1.807) is 0 Å². The smallest absolute Gasteiger partial charge is 0.212 e. The van der Waals surface area contributed by atoms with E-state index < -0.39 is 10.0 Å². The van der Waals surface area contributed by atoms with Gasteiger partial charge in [-0.15, -0.1) is 0 Å². The number of hydrogen-bond acceptors (Lipinski definition) is 3. The number of benzene rings is 1. The molecule has 0 saturated heterocycles. The minimum Gasteiger partial charge on any atom is -0.309 e. The van der Waals surface area contributed by atoms with Crippen LogP contribution in [0.15, 0.2) is 24.3 Å². The van der Waals surface area contributed by atoms with E-state index >= 15 is 0 Å². The Morgan fingerprint density at radius 2 is 1.88 bits per heavy atom.